The summed E-state index contributed by atoms with van der Waals surface area (Å²) >= 11 is 0. The first-order chi connectivity index (χ1) is 19.7. The maximum absolute atomic E-state index is 13.5. The smallest absolute Gasteiger partial charge is 0.227 e. The zero-order chi connectivity index (χ0) is 30.4. The molecule has 42 heavy (non-hydrogen) atoms. The minimum absolute atomic E-state index is 0.0382. The zero-order valence-corrected chi connectivity index (χ0v) is 27.3. The van der Waals surface area contributed by atoms with Crippen molar-refractivity contribution in [3.8, 4) is 11.5 Å². The number of hydrogen-bond donors (Lipinski definition) is 2. The Morgan fingerprint density at radius 1 is 0.643 bits per heavy atom. The molecule has 2 aromatic carbocycles. The van der Waals surface area contributed by atoms with Crippen molar-refractivity contribution in [3.05, 3.63) is 46.5 Å². The summed E-state index contributed by atoms with van der Waals surface area (Å²) in [6.45, 7) is 17.7. The van der Waals surface area contributed by atoms with E-state index in [-0.39, 0.29) is 34.5 Å². The summed E-state index contributed by atoms with van der Waals surface area (Å²) in [5.41, 5.74) is 5.29. The first-order valence-corrected chi connectivity index (χ1v) is 16.3. The van der Waals surface area contributed by atoms with E-state index in [1.54, 1.807) is 0 Å². The number of ether oxygens (including phenoxy) is 1. The molecule has 0 saturated heterocycles. The van der Waals surface area contributed by atoms with Crippen LogP contribution in [0.1, 0.15) is 142 Å². The van der Waals surface area contributed by atoms with Gasteiger partial charge in [-0.15, -0.1) is 0 Å². The normalized spacial score (nSPS) is 19.3. The predicted molar refractivity (Wildman–Crippen MR) is 173 cm³/mol. The van der Waals surface area contributed by atoms with E-state index < -0.39 is 5.41 Å². The molecule has 0 radical (unpaired) electrons. The monoisotopic (exact) mass is 572 g/mol. The molecule has 0 atom stereocenters. The highest BCUT2D eigenvalue weighted by atomic mass is 16.5. The first kappa shape index (κ1) is 30.6. The molecule has 2 aromatic rings. The van der Waals surface area contributed by atoms with Gasteiger partial charge in [-0.25, -0.2) is 0 Å². The summed E-state index contributed by atoms with van der Waals surface area (Å²) in [4.78, 5) is 27.1. The number of nitrogens with one attached hydrogen (secondary N) is 2. The Hall–Kier alpha value is -2.82. The van der Waals surface area contributed by atoms with Crippen LogP contribution in [0.5, 0.6) is 11.5 Å². The second-order valence-electron chi connectivity index (χ2n) is 15.7. The Bertz CT molecular complexity index is 1250. The first-order valence-electron chi connectivity index (χ1n) is 16.3. The molecular formula is C37H52N2O3. The highest BCUT2D eigenvalue weighted by Gasteiger charge is 2.40. The second kappa shape index (κ2) is 11.4. The van der Waals surface area contributed by atoms with Gasteiger partial charge in [0, 0.05) is 28.4 Å². The Kier molecular flexibility index (Phi) is 8.28. The van der Waals surface area contributed by atoms with Gasteiger partial charge in [-0.1, -0.05) is 106 Å². The number of hydrogen-bond acceptors (Lipinski definition) is 3. The molecule has 0 bridgehead atoms. The van der Waals surface area contributed by atoms with Crippen LogP contribution in [0.25, 0.3) is 0 Å². The van der Waals surface area contributed by atoms with Gasteiger partial charge in [-0.2, -0.15) is 0 Å². The standard InChI is InChI=1S/C37H52N2O3/c1-35(2,3)25-19-27-31(29(21-25)38-33(40)23-15-11-9-12-16-23)42-32-28(37(27,7)8)20-26(36(4,5)6)22-30(32)39-34(41)24-17-13-10-14-18-24/h19-24H,9-18H2,1-8H3,(H,38,40)(H,39,41). The number of carbonyl (C=O) groups excluding carboxylic acids is 2. The lowest BCUT2D eigenvalue weighted by molar-refractivity contribution is -0.121. The van der Waals surface area contributed by atoms with Gasteiger partial charge in [0.05, 0.1) is 11.4 Å². The minimum atomic E-state index is -0.417. The van der Waals surface area contributed by atoms with E-state index in [9.17, 15) is 9.59 Å². The van der Waals surface area contributed by atoms with Gasteiger partial charge in [0.25, 0.3) is 0 Å². The van der Waals surface area contributed by atoms with Gasteiger partial charge in [-0.05, 0) is 59.8 Å². The molecule has 5 heteroatoms. The summed E-state index contributed by atoms with van der Waals surface area (Å²) in [5, 5.41) is 6.63. The minimum Gasteiger partial charge on any atom is -0.452 e. The molecule has 0 spiro atoms. The molecule has 2 aliphatic carbocycles. The van der Waals surface area contributed by atoms with Crippen LogP contribution in [0.15, 0.2) is 24.3 Å². The largest absolute Gasteiger partial charge is 0.452 e. The molecule has 1 heterocycles. The lowest BCUT2D eigenvalue weighted by atomic mass is 9.71. The van der Waals surface area contributed by atoms with E-state index in [4.69, 9.17) is 4.74 Å². The molecule has 2 amide bonds. The van der Waals surface area contributed by atoms with Gasteiger partial charge in [0.2, 0.25) is 11.8 Å². The Morgan fingerprint density at radius 2 is 1.00 bits per heavy atom. The second-order valence-corrected chi connectivity index (χ2v) is 15.7. The van der Waals surface area contributed by atoms with E-state index in [2.05, 4.69) is 90.3 Å². The molecule has 0 unspecified atom stereocenters. The highest BCUT2D eigenvalue weighted by Crippen LogP contribution is 2.55. The van der Waals surface area contributed by atoms with Crippen LogP contribution in [0.4, 0.5) is 11.4 Å². The maximum atomic E-state index is 13.5. The number of carbonyl (C=O) groups is 2. The van der Waals surface area contributed by atoms with E-state index >= 15 is 0 Å². The van der Waals surface area contributed by atoms with Gasteiger partial charge in [-0.3, -0.25) is 9.59 Å². The molecule has 5 nitrogen and oxygen atoms in total. The van der Waals surface area contributed by atoms with Crippen molar-refractivity contribution in [1.29, 1.82) is 0 Å². The number of anilines is 2. The van der Waals surface area contributed by atoms with Crippen LogP contribution in [-0.2, 0) is 25.8 Å². The van der Waals surface area contributed by atoms with E-state index in [0.717, 1.165) is 85.0 Å². The Morgan fingerprint density at radius 3 is 1.33 bits per heavy atom. The van der Waals surface area contributed by atoms with Gasteiger partial charge >= 0.3 is 0 Å². The molecule has 228 valence electrons. The van der Waals surface area contributed by atoms with Crippen molar-refractivity contribution in [1.82, 2.24) is 0 Å². The molecule has 2 saturated carbocycles. The quantitative estimate of drug-likeness (QED) is 0.383. The van der Waals surface area contributed by atoms with E-state index in [1.165, 1.54) is 12.8 Å². The molecule has 2 N–H and O–H groups in total. The van der Waals surface area contributed by atoms with Gasteiger partial charge < -0.3 is 15.4 Å². The van der Waals surface area contributed by atoms with Crippen molar-refractivity contribution in [2.24, 2.45) is 11.8 Å². The summed E-state index contributed by atoms with van der Waals surface area (Å²) in [7, 11) is 0. The van der Waals surface area contributed by atoms with Crippen molar-refractivity contribution in [3.63, 3.8) is 0 Å². The summed E-state index contributed by atoms with van der Waals surface area (Å²) in [6.07, 6.45) is 10.6. The Balaban J connectivity index is 1.63. The highest BCUT2D eigenvalue weighted by molar-refractivity contribution is 5.97. The van der Waals surface area contributed by atoms with E-state index in [1.807, 2.05) is 0 Å². The van der Waals surface area contributed by atoms with Crippen molar-refractivity contribution >= 4 is 23.2 Å². The fourth-order valence-electron chi connectivity index (χ4n) is 6.90. The molecule has 1 aliphatic heterocycles. The fourth-order valence-corrected chi connectivity index (χ4v) is 6.90. The number of amides is 2. The molecule has 3 aliphatic rings. The number of rotatable bonds is 4. The van der Waals surface area contributed by atoms with E-state index in [0.29, 0.717) is 11.5 Å². The lowest BCUT2D eigenvalue weighted by Gasteiger charge is -2.39. The van der Waals surface area contributed by atoms with Crippen LogP contribution >= 0.6 is 0 Å². The summed E-state index contributed by atoms with van der Waals surface area (Å²) in [6, 6.07) is 8.73. The van der Waals surface area contributed by atoms with Crippen LogP contribution in [0, 0.1) is 11.8 Å². The molecule has 0 aromatic heterocycles. The van der Waals surface area contributed by atoms with Gasteiger partial charge in [0.15, 0.2) is 11.5 Å². The third kappa shape index (κ3) is 6.12. The average Bonchev–Trinajstić information content (AvgIpc) is 2.93. The topological polar surface area (TPSA) is 67.4 Å². The lowest BCUT2D eigenvalue weighted by Crippen LogP contribution is -2.31. The molecular weight excluding hydrogens is 520 g/mol. The number of fused-ring (bicyclic) bond motifs is 2. The van der Waals surface area contributed by atoms with Gasteiger partial charge in [0.1, 0.15) is 0 Å². The van der Waals surface area contributed by atoms with Crippen LogP contribution in [0.2, 0.25) is 0 Å². The molecule has 5 rings (SSSR count). The van der Waals surface area contributed by atoms with Crippen LogP contribution in [-0.4, -0.2) is 11.8 Å². The van der Waals surface area contributed by atoms with Crippen molar-refractivity contribution < 1.29 is 14.3 Å². The summed E-state index contributed by atoms with van der Waals surface area (Å²) < 4.78 is 6.86. The third-order valence-electron chi connectivity index (χ3n) is 9.93. The zero-order valence-electron chi connectivity index (χ0n) is 27.3. The summed E-state index contributed by atoms with van der Waals surface area (Å²) in [5.74, 6) is 1.64. The Labute approximate surface area is 253 Å². The third-order valence-corrected chi connectivity index (χ3v) is 9.93. The predicted octanol–water partition coefficient (Wildman–Crippen LogP) is 9.75. The van der Waals surface area contributed by atoms with Crippen LogP contribution in [0.3, 0.4) is 0 Å². The maximum Gasteiger partial charge on any atom is 0.227 e. The average molecular weight is 573 g/mol. The SMILES string of the molecule is CC(C)(C)c1cc(NC(=O)C2CCCCC2)c2c(c1)C(C)(C)c1cc(C(C)(C)C)cc(NC(=O)C3CCCCC3)c1O2. The van der Waals surface area contributed by atoms with Crippen molar-refractivity contribution in [2.75, 3.05) is 10.6 Å². The van der Waals surface area contributed by atoms with Crippen LogP contribution < -0.4 is 15.4 Å². The molecule has 2 fully saturated rings. The van der Waals surface area contributed by atoms with Crippen molar-refractivity contribution in [2.45, 2.75) is 136 Å². The number of benzene rings is 2. The fraction of sp³-hybridized carbons (Fsp3) is 0.622.